The van der Waals surface area contributed by atoms with Gasteiger partial charge in [-0.05, 0) is 24.3 Å². The Balaban J connectivity index is 2.14. The average molecular weight is 321 g/mol. The van der Waals surface area contributed by atoms with E-state index in [2.05, 4.69) is 20.2 Å². The van der Waals surface area contributed by atoms with Crippen LogP contribution in [-0.4, -0.2) is 30.8 Å². The second-order valence-electron chi connectivity index (χ2n) is 4.17. The number of benzene rings is 1. The molecule has 1 aromatic carbocycles. The van der Waals surface area contributed by atoms with E-state index in [-0.39, 0.29) is 22.8 Å². The molecule has 0 spiro atoms. The standard InChI is InChI=1S/C15H13F2N3O3/c1-22-12-7-4-5-10(13(12)23-15(16)17)9-19-20-14(21)11-6-2-3-8-18-11/h2-9,15H,1H3,(H,20,21)/b19-9-. The van der Waals surface area contributed by atoms with Crippen molar-refractivity contribution in [3.05, 3.63) is 53.9 Å². The fraction of sp³-hybridized carbons (Fsp3) is 0.133. The molecule has 1 N–H and O–H groups in total. The summed E-state index contributed by atoms with van der Waals surface area (Å²) in [6.45, 7) is -3.01. The predicted octanol–water partition coefficient (Wildman–Crippen LogP) is 2.46. The fourth-order valence-corrected chi connectivity index (χ4v) is 1.73. The molecular weight excluding hydrogens is 308 g/mol. The van der Waals surface area contributed by atoms with Crippen LogP contribution in [0.3, 0.4) is 0 Å². The molecule has 0 fully saturated rings. The zero-order valence-electron chi connectivity index (χ0n) is 12.1. The molecule has 1 aromatic heterocycles. The highest BCUT2D eigenvalue weighted by atomic mass is 19.3. The van der Waals surface area contributed by atoms with Crippen molar-refractivity contribution < 1.29 is 23.0 Å². The molecule has 0 saturated heterocycles. The number of hydrogen-bond acceptors (Lipinski definition) is 5. The first-order valence-corrected chi connectivity index (χ1v) is 6.48. The first kappa shape index (κ1) is 16.3. The lowest BCUT2D eigenvalue weighted by molar-refractivity contribution is -0.0513. The third-order valence-electron chi connectivity index (χ3n) is 2.70. The van der Waals surface area contributed by atoms with Crippen molar-refractivity contribution in [3.8, 4) is 11.5 Å². The molecule has 0 aliphatic heterocycles. The van der Waals surface area contributed by atoms with Gasteiger partial charge in [-0.15, -0.1) is 0 Å². The second kappa shape index (κ2) is 7.83. The smallest absolute Gasteiger partial charge is 0.387 e. The number of carbonyl (C=O) groups excluding carboxylic acids is 1. The number of hydrogen-bond donors (Lipinski definition) is 1. The van der Waals surface area contributed by atoms with Crippen molar-refractivity contribution >= 4 is 12.1 Å². The van der Waals surface area contributed by atoms with Crippen LogP contribution in [0, 0.1) is 0 Å². The zero-order chi connectivity index (χ0) is 16.7. The number of nitrogens with zero attached hydrogens (tertiary/aromatic N) is 2. The second-order valence-corrected chi connectivity index (χ2v) is 4.17. The fourth-order valence-electron chi connectivity index (χ4n) is 1.73. The molecule has 8 heteroatoms. The zero-order valence-corrected chi connectivity index (χ0v) is 12.1. The highest BCUT2D eigenvalue weighted by Gasteiger charge is 2.14. The quantitative estimate of drug-likeness (QED) is 0.655. The highest BCUT2D eigenvalue weighted by Crippen LogP contribution is 2.31. The maximum absolute atomic E-state index is 12.5. The number of ether oxygens (including phenoxy) is 2. The van der Waals surface area contributed by atoms with Gasteiger partial charge in [0.15, 0.2) is 11.5 Å². The molecule has 23 heavy (non-hydrogen) atoms. The Kier molecular flexibility index (Phi) is 5.56. The van der Waals surface area contributed by atoms with Gasteiger partial charge in [-0.1, -0.05) is 12.1 Å². The van der Waals surface area contributed by atoms with E-state index in [0.717, 1.165) is 0 Å². The molecule has 0 atom stereocenters. The van der Waals surface area contributed by atoms with Crippen molar-refractivity contribution in [2.45, 2.75) is 6.61 Å². The summed E-state index contributed by atoms with van der Waals surface area (Å²) in [5, 5.41) is 3.72. The van der Waals surface area contributed by atoms with E-state index in [1.165, 1.54) is 37.7 Å². The summed E-state index contributed by atoms with van der Waals surface area (Å²) in [6, 6.07) is 9.39. The maximum Gasteiger partial charge on any atom is 0.387 e. The Morgan fingerprint density at radius 3 is 2.78 bits per heavy atom. The molecule has 0 radical (unpaired) electrons. The molecule has 0 aliphatic rings. The number of amides is 1. The van der Waals surface area contributed by atoms with Gasteiger partial charge in [-0.25, -0.2) is 5.43 Å². The van der Waals surface area contributed by atoms with Crippen LogP contribution in [0.4, 0.5) is 8.78 Å². The summed E-state index contributed by atoms with van der Waals surface area (Å²) in [5.74, 6) is -0.563. The number of carbonyl (C=O) groups is 1. The van der Waals surface area contributed by atoms with Gasteiger partial charge < -0.3 is 9.47 Å². The van der Waals surface area contributed by atoms with Gasteiger partial charge in [0.25, 0.3) is 5.91 Å². The minimum Gasteiger partial charge on any atom is -0.493 e. The van der Waals surface area contributed by atoms with E-state index in [1.54, 1.807) is 18.2 Å². The molecule has 1 heterocycles. The van der Waals surface area contributed by atoms with Gasteiger partial charge in [0, 0.05) is 11.8 Å². The first-order valence-electron chi connectivity index (χ1n) is 6.48. The van der Waals surface area contributed by atoms with E-state index >= 15 is 0 Å². The summed E-state index contributed by atoms with van der Waals surface area (Å²) in [5.41, 5.74) is 2.66. The third-order valence-corrected chi connectivity index (χ3v) is 2.70. The van der Waals surface area contributed by atoms with Crippen LogP contribution in [0.5, 0.6) is 11.5 Å². The lowest BCUT2D eigenvalue weighted by Gasteiger charge is -2.11. The summed E-state index contributed by atoms with van der Waals surface area (Å²) in [7, 11) is 1.33. The van der Waals surface area contributed by atoms with Crippen molar-refractivity contribution in [2.75, 3.05) is 7.11 Å². The number of pyridine rings is 1. The van der Waals surface area contributed by atoms with Crippen molar-refractivity contribution in [1.82, 2.24) is 10.4 Å². The molecule has 2 rings (SSSR count). The summed E-state index contributed by atoms with van der Waals surface area (Å²) >= 11 is 0. The van der Waals surface area contributed by atoms with Crippen LogP contribution in [-0.2, 0) is 0 Å². The summed E-state index contributed by atoms with van der Waals surface area (Å²) < 4.78 is 34.4. The Labute approximate surface area is 130 Å². The summed E-state index contributed by atoms with van der Waals surface area (Å²) in [4.78, 5) is 15.6. The summed E-state index contributed by atoms with van der Waals surface area (Å²) in [6.07, 6.45) is 2.65. The molecule has 0 bridgehead atoms. The van der Waals surface area contributed by atoms with Gasteiger partial charge in [0.2, 0.25) is 0 Å². The van der Waals surface area contributed by atoms with Crippen LogP contribution >= 0.6 is 0 Å². The lowest BCUT2D eigenvalue weighted by Crippen LogP contribution is -2.18. The predicted molar refractivity (Wildman–Crippen MR) is 78.9 cm³/mol. The Morgan fingerprint density at radius 1 is 1.30 bits per heavy atom. The normalized spacial score (nSPS) is 10.8. The van der Waals surface area contributed by atoms with E-state index in [4.69, 9.17) is 4.74 Å². The van der Waals surface area contributed by atoms with Gasteiger partial charge >= 0.3 is 6.61 Å². The number of rotatable bonds is 6. The molecule has 0 aliphatic carbocycles. The van der Waals surface area contributed by atoms with Gasteiger partial charge in [0.1, 0.15) is 5.69 Å². The number of methoxy groups -OCH3 is 1. The Hall–Kier alpha value is -3.03. The minimum absolute atomic E-state index is 0.130. The average Bonchev–Trinajstić information content (AvgIpc) is 2.56. The minimum atomic E-state index is -3.01. The lowest BCUT2D eigenvalue weighted by atomic mass is 10.2. The third kappa shape index (κ3) is 4.47. The van der Waals surface area contributed by atoms with Crippen molar-refractivity contribution in [1.29, 1.82) is 0 Å². The molecule has 6 nitrogen and oxygen atoms in total. The van der Waals surface area contributed by atoms with Gasteiger partial charge in [-0.2, -0.15) is 13.9 Å². The van der Waals surface area contributed by atoms with Crippen LogP contribution in [0.15, 0.2) is 47.7 Å². The number of nitrogens with one attached hydrogen (secondary N) is 1. The highest BCUT2D eigenvalue weighted by molar-refractivity contribution is 5.93. The van der Waals surface area contributed by atoms with Crippen LogP contribution in [0.1, 0.15) is 16.1 Å². The maximum atomic E-state index is 12.5. The van der Waals surface area contributed by atoms with E-state index in [9.17, 15) is 13.6 Å². The molecule has 1 amide bonds. The van der Waals surface area contributed by atoms with Gasteiger partial charge in [0.05, 0.1) is 13.3 Å². The monoisotopic (exact) mass is 321 g/mol. The Bertz CT molecular complexity index is 694. The van der Waals surface area contributed by atoms with E-state index < -0.39 is 12.5 Å². The van der Waals surface area contributed by atoms with Crippen LogP contribution in [0.25, 0.3) is 0 Å². The van der Waals surface area contributed by atoms with Crippen molar-refractivity contribution in [3.63, 3.8) is 0 Å². The van der Waals surface area contributed by atoms with Crippen molar-refractivity contribution in [2.24, 2.45) is 5.10 Å². The topological polar surface area (TPSA) is 72.8 Å². The SMILES string of the molecule is COc1cccc(/C=N\NC(=O)c2ccccn2)c1OC(F)F. The molecule has 120 valence electrons. The number of para-hydroxylation sites is 1. The number of alkyl halides is 2. The largest absolute Gasteiger partial charge is 0.493 e. The number of hydrazone groups is 1. The van der Waals surface area contributed by atoms with Crippen LogP contribution < -0.4 is 14.9 Å². The molecule has 0 saturated carbocycles. The van der Waals surface area contributed by atoms with E-state index in [1.807, 2.05) is 0 Å². The molecule has 0 unspecified atom stereocenters. The van der Waals surface area contributed by atoms with Crippen LogP contribution in [0.2, 0.25) is 0 Å². The number of aromatic nitrogens is 1. The number of halogens is 2. The molecule has 2 aromatic rings. The molecular formula is C15H13F2N3O3. The van der Waals surface area contributed by atoms with Gasteiger partial charge in [-0.3, -0.25) is 9.78 Å². The Morgan fingerprint density at radius 2 is 2.13 bits per heavy atom. The first-order chi connectivity index (χ1) is 11.1. The van der Waals surface area contributed by atoms with E-state index in [0.29, 0.717) is 0 Å².